The van der Waals surface area contributed by atoms with E-state index in [1.54, 1.807) is 11.3 Å². The van der Waals surface area contributed by atoms with E-state index in [0.717, 1.165) is 0 Å². The third-order valence-electron chi connectivity index (χ3n) is 3.39. The Hall–Kier alpha value is -0.0600. The van der Waals surface area contributed by atoms with Crippen molar-refractivity contribution in [2.45, 2.75) is 39.3 Å². The van der Waals surface area contributed by atoms with Crippen molar-refractivity contribution in [3.63, 3.8) is 0 Å². The Labute approximate surface area is 106 Å². The Morgan fingerprint density at radius 3 is 3.00 bits per heavy atom. The van der Waals surface area contributed by atoms with Gasteiger partial charge in [0.25, 0.3) is 0 Å². The highest BCUT2D eigenvalue weighted by atomic mass is 32.2. The summed E-state index contributed by atoms with van der Waals surface area (Å²) in [5, 5.41) is 6.99. The van der Waals surface area contributed by atoms with Crippen LogP contribution < -0.4 is 5.32 Å². The van der Waals surface area contributed by atoms with Crippen molar-refractivity contribution >= 4 is 23.1 Å². The first-order chi connectivity index (χ1) is 7.59. The molecule has 2 heterocycles. The van der Waals surface area contributed by atoms with Crippen LogP contribution in [0.4, 0.5) is 0 Å². The molecule has 0 saturated carbocycles. The van der Waals surface area contributed by atoms with Gasteiger partial charge in [-0.05, 0) is 24.5 Å². The summed E-state index contributed by atoms with van der Waals surface area (Å²) in [6, 6.07) is 0.980. The number of thioether (sulfide) groups is 1. The topological polar surface area (TPSA) is 24.9 Å². The summed E-state index contributed by atoms with van der Waals surface area (Å²) < 4.78 is 0. The van der Waals surface area contributed by atoms with Gasteiger partial charge in [0.05, 0.1) is 6.04 Å². The smallest absolute Gasteiger partial charge is 0.109 e. The fourth-order valence-corrected chi connectivity index (χ4v) is 4.31. The molecule has 2 rings (SSSR count). The predicted molar refractivity (Wildman–Crippen MR) is 73.2 cm³/mol. The molecule has 0 aliphatic carbocycles. The molecule has 1 aliphatic rings. The molecule has 1 N–H and O–H groups in total. The summed E-state index contributed by atoms with van der Waals surface area (Å²) in [5.74, 6) is 2.53. The fourth-order valence-electron chi connectivity index (χ4n) is 2.03. The summed E-state index contributed by atoms with van der Waals surface area (Å²) in [6.45, 7) is 6.96. The highest BCUT2D eigenvalue weighted by Crippen LogP contribution is 2.35. The van der Waals surface area contributed by atoms with E-state index in [0.29, 0.717) is 17.5 Å². The first-order valence-electron chi connectivity index (χ1n) is 5.83. The molecule has 90 valence electrons. The number of thiazole rings is 1. The Morgan fingerprint density at radius 2 is 2.38 bits per heavy atom. The number of hydrogen-bond acceptors (Lipinski definition) is 4. The lowest BCUT2D eigenvalue weighted by atomic mass is 9.82. The molecule has 1 saturated heterocycles. The summed E-state index contributed by atoms with van der Waals surface area (Å²) in [7, 11) is 0. The van der Waals surface area contributed by atoms with Gasteiger partial charge in [-0.3, -0.25) is 0 Å². The molecule has 2 nitrogen and oxygen atoms in total. The van der Waals surface area contributed by atoms with Crippen molar-refractivity contribution < 1.29 is 0 Å². The molecule has 2 atom stereocenters. The summed E-state index contributed by atoms with van der Waals surface area (Å²) in [6.07, 6.45) is 3.19. The molecule has 0 amide bonds. The SMILES string of the molecule is CC(NC1CSCCC1(C)C)c1nccs1. The number of nitrogens with one attached hydrogen (secondary N) is 1. The van der Waals surface area contributed by atoms with E-state index in [-0.39, 0.29) is 0 Å². The first-order valence-corrected chi connectivity index (χ1v) is 7.86. The van der Waals surface area contributed by atoms with Crippen LogP contribution in [0.2, 0.25) is 0 Å². The highest BCUT2D eigenvalue weighted by Gasteiger charge is 2.33. The zero-order chi connectivity index (χ0) is 11.6. The van der Waals surface area contributed by atoms with E-state index in [4.69, 9.17) is 0 Å². The lowest BCUT2D eigenvalue weighted by Gasteiger charge is -2.40. The third-order valence-corrected chi connectivity index (χ3v) is 5.41. The molecular weight excluding hydrogens is 236 g/mol. The van der Waals surface area contributed by atoms with Gasteiger partial charge >= 0.3 is 0 Å². The maximum Gasteiger partial charge on any atom is 0.109 e. The highest BCUT2D eigenvalue weighted by molar-refractivity contribution is 7.99. The van der Waals surface area contributed by atoms with Gasteiger partial charge < -0.3 is 5.32 Å². The largest absolute Gasteiger partial charge is 0.304 e. The second kappa shape index (κ2) is 5.07. The molecule has 0 aromatic carbocycles. The van der Waals surface area contributed by atoms with Gasteiger partial charge in [0.15, 0.2) is 0 Å². The van der Waals surface area contributed by atoms with E-state index in [9.17, 15) is 0 Å². The summed E-state index contributed by atoms with van der Waals surface area (Å²) >= 11 is 3.80. The Morgan fingerprint density at radius 1 is 1.56 bits per heavy atom. The Balaban J connectivity index is 1.98. The second-order valence-corrected chi connectivity index (χ2v) is 7.20. The van der Waals surface area contributed by atoms with Gasteiger partial charge in [0.2, 0.25) is 0 Å². The van der Waals surface area contributed by atoms with Crippen LogP contribution in [0.3, 0.4) is 0 Å². The lowest BCUT2D eigenvalue weighted by Crippen LogP contribution is -2.47. The number of hydrogen-bond donors (Lipinski definition) is 1. The zero-order valence-electron chi connectivity index (χ0n) is 10.2. The van der Waals surface area contributed by atoms with Gasteiger partial charge in [-0.1, -0.05) is 13.8 Å². The standard InChI is InChI=1S/C12H20N2S2/c1-9(11-13-5-7-16-11)14-10-8-15-6-4-12(10,2)3/h5,7,9-10,14H,4,6,8H2,1-3H3. The van der Waals surface area contributed by atoms with Crippen molar-refractivity contribution in [3.05, 3.63) is 16.6 Å². The molecule has 1 aromatic heterocycles. The zero-order valence-corrected chi connectivity index (χ0v) is 11.8. The predicted octanol–water partition coefficient (Wildman–Crippen LogP) is 3.33. The van der Waals surface area contributed by atoms with E-state index in [1.807, 2.05) is 11.6 Å². The van der Waals surface area contributed by atoms with E-state index < -0.39 is 0 Å². The first kappa shape index (κ1) is 12.4. The van der Waals surface area contributed by atoms with Crippen LogP contribution in [0.5, 0.6) is 0 Å². The molecule has 0 spiro atoms. The van der Waals surface area contributed by atoms with Crippen LogP contribution in [0.1, 0.15) is 38.2 Å². The minimum atomic E-state index is 0.378. The normalized spacial score (nSPS) is 26.6. The molecule has 1 aliphatic heterocycles. The maximum absolute atomic E-state index is 4.38. The van der Waals surface area contributed by atoms with E-state index >= 15 is 0 Å². The van der Waals surface area contributed by atoms with Crippen molar-refractivity contribution in [2.24, 2.45) is 5.41 Å². The van der Waals surface area contributed by atoms with Crippen LogP contribution in [0, 0.1) is 5.41 Å². The molecule has 2 unspecified atom stereocenters. The van der Waals surface area contributed by atoms with Gasteiger partial charge in [-0.2, -0.15) is 11.8 Å². The quantitative estimate of drug-likeness (QED) is 0.898. The van der Waals surface area contributed by atoms with E-state index in [2.05, 4.69) is 42.8 Å². The van der Waals surface area contributed by atoms with Crippen molar-refractivity contribution in [1.82, 2.24) is 10.3 Å². The van der Waals surface area contributed by atoms with Crippen LogP contribution in [0.25, 0.3) is 0 Å². The van der Waals surface area contributed by atoms with Gasteiger partial charge in [0.1, 0.15) is 5.01 Å². The van der Waals surface area contributed by atoms with Crippen LogP contribution in [0.15, 0.2) is 11.6 Å². The lowest BCUT2D eigenvalue weighted by molar-refractivity contribution is 0.232. The Bertz CT molecular complexity index is 322. The monoisotopic (exact) mass is 256 g/mol. The summed E-state index contributed by atoms with van der Waals surface area (Å²) in [4.78, 5) is 4.38. The van der Waals surface area contributed by atoms with E-state index in [1.165, 1.54) is 22.9 Å². The second-order valence-electron chi connectivity index (χ2n) is 5.12. The van der Waals surface area contributed by atoms with Gasteiger partial charge in [-0.25, -0.2) is 4.98 Å². The molecule has 0 radical (unpaired) electrons. The van der Waals surface area contributed by atoms with Crippen LogP contribution in [-0.2, 0) is 0 Å². The average Bonchev–Trinajstić information content (AvgIpc) is 2.74. The minimum absolute atomic E-state index is 0.378. The average molecular weight is 256 g/mol. The molecular formula is C12H20N2S2. The van der Waals surface area contributed by atoms with Crippen LogP contribution in [-0.4, -0.2) is 22.5 Å². The Kier molecular flexibility index (Phi) is 3.93. The van der Waals surface area contributed by atoms with Crippen molar-refractivity contribution in [3.8, 4) is 0 Å². The molecule has 0 bridgehead atoms. The number of aromatic nitrogens is 1. The minimum Gasteiger partial charge on any atom is -0.304 e. The van der Waals surface area contributed by atoms with Gasteiger partial charge in [0, 0.05) is 23.4 Å². The maximum atomic E-state index is 4.38. The molecule has 16 heavy (non-hydrogen) atoms. The van der Waals surface area contributed by atoms with Crippen LogP contribution >= 0.6 is 23.1 Å². The molecule has 1 aromatic rings. The van der Waals surface area contributed by atoms with Crippen molar-refractivity contribution in [2.75, 3.05) is 11.5 Å². The molecule has 4 heteroatoms. The number of rotatable bonds is 3. The number of nitrogens with zero attached hydrogens (tertiary/aromatic N) is 1. The third kappa shape index (κ3) is 2.79. The van der Waals surface area contributed by atoms with Crippen molar-refractivity contribution in [1.29, 1.82) is 0 Å². The van der Waals surface area contributed by atoms with Gasteiger partial charge in [-0.15, -0.1) is 11.3 Å². The fraction of sp³-hybridized carbons (Fsp3) is 0.750. The summed E-state index contributed by atoms with van der Waals surface area (Å²) in [5.41, 5.74) is 0.413. The molecule has 1 fully saturated rings.